The highest BCUT2D eigenvalue weighted by Crippen LogP contribution is 2.25. The van der Waals surface area contributed by atoms with Crippen molar-refractivity contribution in [3.8, 4) is 0 Å². The molecule has 2 aromatic carbocycles. The predicted molar refractivity (Wildman–Crippen MR) is 94.5 cm³/mol. The predicted octanol–water partition coefficient (Wildman–Crippen LogP) is 3.32. The van der Waals surface area contributed by atoms with Crippen LogP contribution in [0.2, 0.25) is 5.02 Å². The SMILES string of the molecule is C[C@@H](NC(=O)C[C@H](NC(N)=O)c1ccccc1Cl)c1ccccc1. The van der Waals surface area contributed by atoms with E-state index in [-0.39, 0.29) is 18.4 Å². The van der Waals surface area contributed by atoms with Gasteiger partial charge in [-0.15, -0.1) is 0 Å². The molecule has 0 aliphatic rings. The smallest absolute Gasteiger partial charge is 0.312 e. The Morgan fingerprint density at radius 3 is 2.29 bits per heavy atom. The van der Waals surface area contributed by atoms with Gasteiger partial charge in [-0.05, 0) is 24.1 Å². The lowest BCUT2D eigenvalue weighted by molar-refractivity contribution is -0.122. The third kappa shape index (κ3) is 4.99. The second-order valence-corrected chi connectivity index (χ2v) is 5.89. The van der Waals surface area contributed by atoms with Crippen LogP contribution in [-0.2, 0) is 4.79 Å². The molecule has 3 amide bonds. The summed E-state index contributed by atoms with van der Waals surface area (Å²) in [4.78, 5) is 23.6. The molecule has 0 aromatic heterocycles. The van der Waals surface area contributed by atoms with Gasteiger partial charge in [0.05, 0.1) is 18.5 Å². The lowest BCUT2D eigenvalue weighted by atomic mass is 10.0. The molecular formula is C18H20ClN3O2. The van der Waals surface area contributed by atoms with E-state index in [9.17, 15) is 9.59 Å². The summed E-state index contributed by atoms with van der Waals surface area (Å²) in [5.41, 5.74) is 6.88. The Kier molecular flexibility index (Phi) is 6.21. The molecule has 5 nitrogen and oxygen atoms in total. The molecule has 0 spiro atoms. The summed E-state index contributed by atoms with van der Waals surface area (Å²) in [6.07, 6.45) is 0.0455. The Morgan fingerprint density at radius 2 is 1.67 bits per heavy atom. The first-order chi connectivity index (χ1) is 11.5. The van der Waals surface area contributed by atoms with Crippen LogP contribution in [0.15, 0.2) is 54.6 Å². The summed E-state index contributed by atoms with van der Waals surface area (Å²) in [7, 11) is 0. The van der Waals surface area contributed by atoms with E-state index in [0.717, 1.165) is 5.56 Å². The van der Waals surface area contributed by atoms with Crippen molar-refractivity contribution >= 4 is 23.5 Å². The number of rotatable bonds is 6. The molecule has 2 rings (SSSR count). The molecule has 0 unspecified atom stereocenters. The van der Waals surface area contributed by atoms with Gasteiger partial charge in [0.15, 0.2) is 0 Å². The molecule has 0 radical (unpaired) electrons. The van der Waals surface area contributed by atoms with Crippen molar-refractivity contribution in [1.82, 2.24) is 10.6 Å². The lowest BCUT2D eigenvalue weighted by Crippen LogP contribution is -2.37. The quantitative estimate of drug-likeness (QED) is 0.750. The average Bonchev–Trinajstić information content (AvgIpc) is 2.55. The van der Waals surface area contributed by atoms with Gasteiger partial charge in [-0.25, -0.2) is 4.79 Å². The van der Waals surface area contributed by atoms with E-state index in [2.05, 4.69) is 10.6 Å². The second kappa shape index (κ2) is 8.36. The summed E-state index contributed by atoms with van der Waals surface area (Å²) in [5, 5.41) is 5.96. The van der Waals surface area contributed by atoms with Crippen LogP contribution in [-0.4, -0.2) is 11.9 Å². The largest absolute Gasteiger partial charge is 0.352 e. The summed E-state index contributed by atoms with van der Waals surface area (Å²) < 4.78 is 0. The fraction of sp³-hybridized carbons (Fsp3) is 0.222. The fourth-order valence-electron chi connectivity index (χ4n) is 2.48. The van der Waals surface area contributed by atoms with E-state index in [0.29, 0.717) is 10.6 Å². The van der Waals surface area contributed by atoms with Crippen molar-refractivity contribution in [1.29, 1.82) is 0 Å². The molecule has 0 saturated heterocycles. The fourth-order valence-corrected chi connectivity index (χ4v) is 2.75. The number of carbonyl (C=O) groups is 2. The Labute approximate surface area is 146 Å². The van der Waals surface area contributed by atoms with E-state index in [4.69, 9.17) is 17.3 Å². The minimum absolute atomic E-state index is 0.0455. The van der Waals surface area contributed by atoms with Crippen LogP contribution in [0.1, 0.15) is 36.6 Å². The zero-order valence-corrected chi connectivity index (χ0v) is 14.1. The van der Waals surface area contributed by atoms with Gasteiger partial charge in [-0.3, -0.25) is 4.79 Å². The number of hydrogen-bond acceptors (Lipinski definition) is 2. The number of nitrogens with two attached hydrogens (primary N) is 1. The van der Waals surface area contributed by atoms with E-state index >= 15 is 0 Å². The van der Waals surface area contributed by atoms with Gasteiger partial charge in [-0.2, -0.15) is 0 Å². The molecular weight excluding hydrogens is 326 g/mol. The van der Waals surface area contributed by atoms with Crippen LogP contribution in [0.25, 0.3) is 0 Å². The van der Waals surface area contributed by atoms with Crippen LogP contribution < -0.4 is 16.4 Å². The first kappa shape index (κ1) is 17.8. The van der Waals surface area contributed by atoms with Crippen molar-refractivity contribution in [2.45, 2.75) is 25.4 Å². The highest BCUT2D eigenvalue weighted by atomic mass is 35.5. The van der Waals surface area contributed by atoms with Crippen LogP contribution in [0.4, 0.5) is 4.79 Å². The van der Waals surface area contributed by atoms with Crippen molar-refractivity contribution < 1.29 is 9.59 Å². The van der Waals surface area contributed by atoms with Gasteiger partial charge in [0, 0.05) is 5.02 Å². The topological polar surface area (TPSA) is 84.2 Å². The first-order valence-corrected chi connectivity index (χ1v) is 8.00. The number of benzene rings is 2. The number of halogens is 1. The number of nitrogens with one attached hydrogen (secondary N) is 2. The van der Waals surface area contributed by atoms with Crippen LogP contribution >= 0.6 is 11.6 Å². The number of amides is 3. The van der Waals surface area contributed by atoms with Crippen molar-refractivity contribution in [2.24, 2.45) is 5.73 Å². The maximum absolute atomic E-state index is 12.4. The minimum atomic E-state index is -0.705. The van der Waals surface area contributed by atoms with Gasteiger partial charge in [0.25, 0.3) is 0 Å². The van der Waals surface area contributed by atoms with Crippen LogP contribution in [0.5, 0.6) is 0 Å². The summed E-state index contributed by atoms with van der Waals surface area (Å²) in [5.74, 6) is -0.204. The van der Waals surface area contributed by atoms with E-state index in [1.54, 1.807) is 24.3 Å². The molecule has 0 heterocycles. The highest BCUT2D eigenvalue weighted by Gasteiger charge is 2.20. The molecule has 0 aliphatic carbocycles. The lowest BCUT2D eigenvalue weighted by Gasteiger charge is -2.21. The van der Waals surface area contributed by atoms with Gasteiger partial charge in [-0.1, -0.05) is 60.1 Å². The summed E-state index contributed by atoms with van der Waals surface area (Å²) in [6, 6.07) is 15.2. The number of urea groups is 1. The van der Waals surface area contributed by atoms with Crippen molar-refractivity contribution in [3.63, 3.8) is 0 Å². The standard InChI is InChI=1S/C18H20ClN3O2/c1-12(13-7-3-2-4-8-13)21-17(23)11-16(22-18(20)24)14-9-5-6-10-15(14)19/h2-10,12,16H,11H2,1H3,(H,21,23)(H3,20,22,24)/t12-,16+/m1/s1. The molecule has 2 aromatic rings. The van der Waals surface area contributed by atoms with Gasteiger partial charge < -0.3 is 16.4 Å². The molecule has 126 valence electrons. The van der Waals surface area contributed by atoms with E-state index in [1.165, 1.54) is 0 Å². The van der Waals surface area contributed by atoms with Gasteiger partial charge in [0.1, 0.15) is 0 Å². The van der Waals surface area contributed by atoms with E-state index in [1.807, 2.05) is 37.3 Å². The molecule has 0 saturated carbocycles. The Hall–Kier alpha value is -2.53. The zero-order chi connectivity index (χ0) is 17.5. The van der Waals surface area contributed by atoms with Crippen LogP contribution in [0.3, 0.4) is 0 Å². The third-order valence-corrected chi connectivity index (χ3v) is 4.01. The number of primary amides is 1. The number of hydrogen-bond donors (Lipinski definition) is 3. The molecule has 0 aliphatic heterocycles. The van der Waals surface area contributed by atoms with Crippen molar-refractivity contribution in [3.05, 3.63) is 70.7 Å². The monoisotopic (exact) mass is 345 g/mol. The summed E-state index contributed by atoms with van der Waals surface area (Å²) >= 11 is 6.16. The average molecular weight is 346 g/mol. The molecule has 0 fully saturated rings. The van der Waals surface area contributed by atoms with Gasteiger partial charge in [0.2, 0.25) is 5.91 Å². The number of carbonyl (C=O) groups excluding carboxylic acids is 2. The minimum Gasteiger partial charge on any atom is -0.352 e. The highest BCUT2D eigenvalue weighted by molar-refractivity contribution is 6.31. The normalized spacial score (nSPS) is 12.9. The van der Waals surface area contributed by atoms with Crippen LogP contribution in [0, 0.1) is 0 Å². The Morgan fingerprint density at radius 1 is 1.04 bits per heavy atom. The molecule has 6 heteroatoms. The summed E-state index contributed by atoms with van der Waals surface area (Å²) in [6.45, 7) is 1.90. The Bertz CT molecular complexity index is 706. The maximum Gasteiger partial charge on any atom is 0.312 e. The third-order valence-electron chi connectivity index (χ3n) is 3.66. The van der Waals surface area contributed by atoms with Gasteiger partial charge >= 0.3 is 6.03 Å². The first-order valence-electron chi connectivity index (χ1n) is 7.62. The zero-order valence-electron chi connectivity index (χ0n) is 13.3. The molecule has 2 atom stereocenters. The second-order valence-electron chi connectivity index (χ2n) is 5.49. The maximum atomic E-state index is 12.4. The Balaban J connectivity index is 2.07. The molecule has 0 bridgehead atoms. The van der Waals surface area contributed by atoms with Crippen molar-refractivity contribution in [2.75, 3.05) is 0 Å². The molecule has 24 heavy (non-hydrogen) atoms. The van der Waals surface area contributed by atoms with E-state index < -0.39 is 12.1 Å². The molecule has 4 N–H and O–H groups in total.